The van der Waals surface area contributed by atoms with Crippen molar-refractivity contribution in [3.05, 3.63) is 60.2 Å². The van der Waals surface area contributed by atoms with Crippen molar-refractivity contribution in [2.75, 3.05) is 25.0 Å². The second-order valence-corrected chi connectivity index (χ2v) is 9.15. The lowest BCUT2D eigenvalue weighted by Gasteiger charge is -2.37. The van der Waals surface area contributed by atoms with Crippen LogP contribution in [0.2, 0.25) is 0 Å². The van der Waals surface area contributed by atoms with Gasteiger partial charge in [-0.2, -0.15) is 5.10 Å². The Morgan fingerprint density at radius 3 is 2.55 bits per heavy atom. The second kappa shape index (κ2) is 8.19. The standard InChI is InChI=1S/C25H27FN4O3/c1-15-10-16(2)30(25(31)32)22-9-8-21(17-11-27-29(12-17)19-13-28(3)14-19)24(23(15)22)33-20-6-4-18(26)5-7-20/h4-9,11-12,15-16,19H,10,13-14H2,1-3H3,(H,31,32)/t15-,16?/m0/s1. The van der Waals surface area contributed by atoms with Crippen molar-refractivity contribution in [2.45, 2.75) is 38.3 Å². The van der Waals surface area contributed by atoms with Gasteiger partial charge in [-0.25, -0.2) is 9.18 Å². The highest BCUT2D eigenvalue weighted by atomic mass is 19.1. The summed E-state index contributed by atoms with van der Waals surface area (Å²) in [6.45, 7) is 5.91. The molecule has 5 rings (SSSR count). The minimum atomic E-state index is -0.988. The van der Waals surface area contributed by atoms with Crippen LogP contribution in [-0.4, -0.2) is 52.1 Å². The largest absolute Gasteiger partial charge is 0.465 e. The van der Waals surface area contributed by atoms with Gasteiger partial charge in [0.2, 0.25) is 0 Å². The number of halogens is 1. The highest BCUT2D eigenvalue weighted by Gasteiger charge is 2.35. The van der Waals surface area contributed by atoms with Crippen LogP contribution in [0.1, 0.15) is 37.8 Å². The summed E-state index contributed by atoms with van der Waals surface area (Å²) in [4.78, 5) is 15.7. The number of rotatable bonds is 4. The Balaban J connectivity index is 1.63. The number of amides is 1. The molecule has 1 unspecified atom stereocenters. The second-order valence-electron chi connectivity index (χ2n) is 9.15. The number of ether oxygens (including phenoxy) is 1. The Hall–Kier alpha value is -3.39. The molecule has 1 fully saturated rings. The average Bonchev–Trinajstić information content (AvgIpc) is 3.22. The van der Waals surface area contributed by atoms with E-state index >= 15 is 0 Å². The number of hydrogen-bond donors (Lipinski definition) is 1. The van der Waals surface area contributed by atoms with E-state index in [2.05, 4.69) is 24.0 Å². The third-order valence-corrected chi connectivity index (χ3v) is 6.63. The molecule has 2 aromatic carbocycles. The number of nitrogens with zero attached hydrogens (tertiary/aromatic N) is 4. The molecule has 7 nitrogen and oxygen atoms in total. The fraction of sp³-hybridized carbons (Fsp3) is 0.360. The minimum absolute atomic E-state index is 0.0799. The zero-order valence-corrected chi connectivity index (χ0v) is 18.9. The highest BCUT2D eigenvalue weighted by molar-refractivity contribution is 5.91. The quantitative estimate of drug-likeness (QED) is 0.580. The molecule has 172 valence electrons. The van der Waals surface area contributed by atoms with Crippen molar-refractivity contribution in [2.24, 2.45) is 0 Å². The van der Waals surface area contributed by atoms with E-state index in [-0.39, 0.29) is 17.8 Å². The van der Waals surface area contributed by atoms with Gasteiger partial charge in [0.15, 0.2) is 0 Å². The number of hydrogen-bond acceptors (Lipinski definition) is 4. The third kappa shape index (κ3) is 3.84. The Labute approximate surface area is 192 Å². The SMILES string of the molecule is CC1C[C@H](C)c2c(ccc(-c3cnn(C4CN(C)C4)c3)c2Oc2ccc(F)cc2)N1C(=O)O. The van der Waals surface area contributed by atoms with Crippen LogP contribution in [0.15, 0.2) is 48.8 Å². The molecular formula is C25H27FN4O3. The maximum atomic E-state index is 13.5. The summed E-state index contributed by atoms with van der Waals surface area (Å²) in [5.74, 6) is 0.821. The number of anilines is 1. The molecule has 1 N–H and O–H groups in total. The van der Waals surface area contributed by atoms with Crippen molar-refractivity contribution >= 4 is 11.8 Å². The number of likely N-dealkylation sites (N-methyl/N-ethyl adjacent to an activating group) is 1. The zero-order valence-electron chi connectivity index (χ0n) is 18.9. The molecule has 8 heteroatoms. The summed E-state index contributed by atoms with van der Waals surface area (Å²) in [5.41, 5.74) is 3.21. The van der Waals surface area contributed by atoms with Crippen LogP contribution in [0.4, 0.5) is 14.9 Å². The molecule has 3 aromatic rings. The predicted octanol–water partition coefficient (Wildman–Crippen LogP) is 5.35. The van der Waals surface area contributed by atoms with Gasteiger partial charge >= 0.3 is 6.09 Å². The molecule has 0 aliphatic carbocycles. The van der Waals surface area contributed by atoms with E-state index in [9.17, 15) is 14.3 Å². The van der Waals surface area contributed by atoms with Crippen molar-refractivity contribution in [1.29, 1.82) is 0 Å². The highest BCUT2D eigenvalue weighted by Crippen LogP contribution is 2.49. The van der Waals surface area contributed by atoms with E-state index in [0.717, 1.165) is 29.8 Å². The van der Waals surface area contributed by atoms with Gasteiger partial charge in [-0.1, -0.05) is 6.92 Å². The molecule has 1 amide bonds. The molecular weight excluding hydrogens is 423 g/mol. The lowest BCUT2D eigenvalue weighted by molar-refractivity contribution is 0.130. The fourth-order valence-corrected chi connectivity index (χ4v) is 5.01. The maximum Gasteiger partial charge on any atom is 0.412 e. The van der Waals surface area contributed by atoms with E-state index in [1.807, 2.05) is 36.1 Å². The first-order valence-electron chi connectivity index (χ1n) is 11.2. The van der Waals surface area contributed by atoms with Crippen LogP contribution in [0.25, 0.3) is 11.1 Å². The first-order valence-corrected chi connectivity index (χ1v) is 11.2. The Morgan fingerprint density at radius 1 is 1.15 bits per heavy atom. The van der Waals surface area contributed by atoms with E-state index in [4.69, 9.17) is 4.74 Å². The Kier molecular flexibility index (Phi) is 5.32. The molecule has 2 aliphatic rings. The van der Waals surface area contributed by atoms with Crippen molar-refractivity contribution in [3.8, 4) is 22.6 Å². The summed E-state index contributed by atoms with van der Waals surface area (Å²) in [5, 5.41) is 14.5. The molecule has 33 heavy (non-hydrogen) atoms. The normalized spacial score (nSPS) is 20.9. The average molecular weight is 451 g/mol. The predicted molar refractivity (Wildman–Crippen MR) is 124 cm³/mol. The van der Waals surface area contributed by atoms with Crippen LogP contribution in [0.5, 0.6) is 11.5 Å². The van der Waals surface area contributed by atoms with Crippen LogP contribution in [0, 0.1) is 5.82 Å². The van der Waals surface area contributed by atoms with Gasteiger partial charge in [0.25, 0.3) is 0 Å². The van der Waals surface area contributed by atoms with Crippen molar-refractivity contribution < 1.29 is 19.0 Å². The summed E-state index contributed by atoms with van der Waals surface area (Å²) in [6.07, 6.45) is 3.53. The van der Waals surface area contributed by atoms with Gasteiger partial charge in [-0.3, -0.25) is 9.58 Å². The summed E-state index contributed by atoms with van der Waals surface area (Å²) in [6, 6.07) is 9.81. The van der Waals surface area contributed by atoms with Gasteiger partial charge < -0.3 is 14.7 Å². The third-order valence-electron chi connectivity index (χ3n) is 6.63. The smallest absolute Gasteiger partial charge is 0.412 e. The van der Waals surface area contributed by atoms with E-state index in [1.54, 1.807) is 12.1 Å². The first-order chi connectivity index (χ1) is 15.8. The van der Waals surface area contributed by atoms with Gasteiger partial charge in [-0.05, 0) is 62.7 Å². The molecule has 2 atom stereocenters. The zero-order chi connectivity index (χ0) is 23.3. The topological polar surface area (TPSA) is 70.8 Å². The van der Waals surface area contributed by atoms with Gasteiger partial charge in [0.1, 0.15) is 17.3 Å². The summed E-state index contributed by atoms with van der Waals surface area (Å²) < 4.78 is 21.8. The molecule has 0 bridgehead atoms. The lowest BCUT2D eigenvalue weighted by Crippen LogP contribution is -2.45. The fourth-order valence-electron chi connectivity index (χ4n) is 5.01. The number of benzene rings is 2. The number of aromatic nitrogens is 2. The van der Waals surface area contributed by atoms with Crippen LogP contribution in [-0.2, 0) is 0 Å². The van der Waals surface area contributed by atoms with E-state index in [0.29, 0.717) is 29.6 Å². The van der Waals surface area contributed by atoms with E-state index in [1.165, 1.54) is 17.0 Å². The minimum Gasteiger partial charge on any atom is -0.465 e. The van der Waals surface area contributed by atoms with Gasteiger partial charge in [0, 0.05) is 42.0 Å². The van der Waals surface area contributed by atoms with Crippen molar-refractivity contribution in [1.82, 2.24) is 14.7 Å². The van der Waals surface area contributed by atoms with Gasteiger partial charge in [-0.15, -0.1) is 0 Å². The molecule has 0 saturated carbocycles. The molecule has 0 spiro atoms. The monoisotopic (exact) mass is 450 g/mol. The number of carboxylic acid groups (broad SMARTS) is 1. The molecule has 1 aromatic heterocycles. The van der Waals surface area contributed by atoms with Crippen LogP contribution < -0.4 is 9.64 Å². The molecule has 2 aliphatic heterocycles. The van der Waals surface area contributed by atoms with Crippen molar-refractivity contribution in [3.63, 3.8) is 0 Å². The van der Waals surface area contributed by atoms with Gasteiger partial charge in [0.05, 0.1) is 17.9 Å². The first kappa shape index (κ1) is 21.5. The molecule has 1 saturated heterocycles. The summed E-state index contributed by atoms with van der Waals surface area (Å²) >= 11 is 0. The molecule has 3 heterocycles. The number of likely N-dealkylation sites (tertiary alicyclic amines) is 1. The summed E-state index contributed by atoms with van der Waals surface area (Å²) in [7, 11) is 2.08. The Morgan fingerprint density at radius 2 is 1.88 bits per heavy atom. The lowest BCUT2D eigenvalue weighted by atomic mass is 9.85. The Bertz CT molecular complexity index is 1190. The van der Waals surface area contributed by atoms with E-state index < -0.39 is 6.09 Å². The maximum absolute atomic E-state index is 13.5. The van der Waals surface area contributed by atoms with Crippen LogP contribution >= 0.6 is 0 Å². The number of carbonyl (C=O) groups is 1. The van der Waals surface area contributed by atoms with Crippen LogP contribution in [0.3, 0.4) is 0 Å². The molecule has 0 radical (unpaired) electrons. The number of fused-ring (bicyclic) bond motifs is 1.